The summed E-state index contributed by atoms with van der Waals surface area (Å²) in [6.45, 7) is 3.40. The van der Waals surface area contributed by atoms with Gasteiger partial charge in [0, 0.05) is 11.8 Å². The second kappa shape index (κ2) is 5.76. The van der Waals surface area contributed by atoms with Gasteiger partial charge in [-0.25, -0.2) is 9.18 Å². The van der Waals surface area contributed by atoms with Crippen LogP contribution in [0.1, 0.15) is 6.42 Å². The van der Waals surface area contributed by atoms with Crippen molar-refractivity contribution >= 4 is 17.3 Å². The molecule has 0 fully saturated rings. The first-order valence-corrected chi connectivity index (χ1v) is 4.99. The number of anilines is 1. The Morgan fingerprint density at radius 3 is 2.78 bits per heavy atom. The second-order valence-electron chi connectivity index (χ2n) is 3.51. The van der Waals surface area contributed by atoms with Gasteiger partial charge in [-0.1, -0.05) is 6.08 Å². The summed E-state index contributed by atoms with van der Waals surface area (Å²) in [5.74, 6) is -1.96. The summed E-state index contributed by atoms with van der Waals surface area (Å²) in [5.41, 5.74) is -0.406. The Balaban J connectivity index is 2.98. The van der Waals surface area contributed by atoms with Gasteiger partial charge in [0.15, 0.2) is 0 Å². The molecule has 0 saturated carbocycles. The Bertz CT molecular complexity index is 490. The number of carboxylic acids is 1. The number of benzene rings is 1. The van der Waals surface area contributed by atoms with Gasteiger partial charge in [0.25, 0.3) is 5.69 Å². The van der Waals surface area contributed by atoms with Gasteiger partial charge in [0.1, 0.15) is 11.9 Å². The Morgan fingerprint density at radius 2 is 2.28 bits per heavy atom. The number of carbonyl (C=O) groups is 1. The fourth-order valence-corrected chi connectivity index (χ4v) is 1.35. The van der Waals surface area contributed by atoms with Crippen molar-refractivity contribution in [1.82, 2.24) is 0 Å². The summed E-state index contributed by atoms with van der Waals surface area (Å²) in [6, 6.07) is 1.81. The molecule has 0 aliphatic heterocycles. The predicted octanol–water partition coefficient (Wildman–Crippen LogP) is 2.18. The number of rotatable bonds is 6. The van der Waals surface area contributed by atoms with E-state index in [1.165, 1.54) is 6.08 Å². The minimum atomic E-state index is -1.15. The van der Waals surface area contributed by atoms with Crippen molar-refractivity contribution in [3.8, 4) is 0 Å². The minimum absolute atomic E-state index is 0.0379. The molecule has 1 unspecified atom stereocenters. The zero-order chi connectivity index (χ0) is 13.7. The number of nitro benzene ring substituents is 1. The number of aliphatic carboxylic acids is 1. The summed E-state index contributed by atoms with van der Waals surface area (Å²) in [6.07, 6.45) is 1.50. The topological polar surface area (TPSA) is 92.5 Å². The molecule has 6 nitrogen and oxygen atoms in total. The van der Waals surface area contributed by atoms with Crippen LogP contribution < -0.4 is 5.32 Å². The molecule has 1 atom stereocenters. The third kappa shape index (κ3) is 3.55. The molecule has 0 aliphatic rings. The van der Waals surface area contributed by atoms with Crippen molar-refractivity contribution in [1.29, 1.82) is 0 Å². The van der Waals surface area contributed by atoms with Crippen LogP contribution in [0.5, 0.6) is 0 Å². The number of carboxylic acid groups (broad SMARTS) is 1. The van der Waals surface area contributed by atoms with Gasteiger partial charge >= 0.3 is 5.97 Å². The fourth-order valence-electron chi connectivity index (χ4n) is 1.35. The smallest absolute Gasteiger partial charge is 0.326 e. The molecule has 0 saturated heterocycles. The Hall–Kier alpha value is -2.44. The van der Waals surface area contributed by atoms with E-state index in [4.69, 9.17) is 5.11 Å². The molecule has 0 aromatic heterocycles. The molecule has 1 aromatic carbocycles. The molecule has 1 rings (SSSR count). The van der Waals surface area contributed by atoms with E-state index in [1.54, 1.807) is 0 Å². The molecule has 0 bridgehead atoms. The lowest BCUT2D eigenvalue weighted by Crippen LogP contribution is -2.28. The van der Waals surface area contributed by atoms with Crippen LogP contribution >= 0.6 is 0 Å². The minimum Gasteiger partial charge on any atom is -0.480 e. The maximum Gasteiger partial charge on any atom is 0.326 e. The molecular formula is C11H11FN2O4. The first-order valence-electron chi connectivity index (χ1n) is 4.99. The van der Waals surface area contributed by atoms with Gasteiger partial charge in [-0.2, -0.15) is 0 Å². The average molecular weight is 254 g/mol. The van der Waals surface area contributed by atoms with Gasteiger partial charge in [-0.3, -0.25) is 10.1 Å². The van der Waals surface area contributed by atoms with Crippen LogP contribution in [0.15, 0.2) is 30.9 Å². The molecule has 18 heavy (non-hydrogen) atoms. The zero-order valence-electron chi connectivity index (χ0n) is 9.30. The number of nitrogens with zero attached hydrogens (tertiary/aromatic N) is 1. The summed E-state index contributed by atoms with van der Waals surface area (Å²) in [4.78, 5) is 20.6. The van der Waals surface area contributed by atoms with Crippen LogP contribution in [0.25, 0.3) is 0 Å². The molecule has 0 radical (unpaired) electrons. The maximum absolute atomic E-state index is 13.1. The molecular weight excluding hydrogens is 243 g/mol. The standard InChI is InChI=1S/C11H11FN2O4/c1-2-3-10(11(15)16)13-8-4-7(12)5-9(6-8)14(17)18/h2,4-6,10,13H,1,3H2,(H,15,16). The number of hydrogen-bond acceptors (Lipinski definition) is 4. The summed E-state index contributed by atoms with van der Waals surface area (Å²) >= 11 is 0. The van der Waals surface area contributed by atoms with Gasteiger partial charge < -0.3 is 10.4 Å². The van der Waals surface area contributed by atoms with Crippen LogP contribution in [-0.2, 0) is 4.79 Å². The third-order valence-corrected chi connectivity index (χ3v) is 2.13. The van der Waals surface area contributed by atoms with E-state index in [2.05, 4.69) is 11.9 Å². The lowest BCUT2D eigenvalue weighted by Gasteiger charge is -2.13. The third-order valence-electron chi connectivity index (χ3n) is 2.13. The van der Waals surface area contributed by atoms with Gasteiger partial charge in [0.05, 0.1) is 11.0 Å². The lowest BCUT2D eigenvalue weighted by atomic mass is 10.2. The highest BCUT2D eigenvalue weighted by atomic mass is 19.1. The van der Waals surface area contributed by atoms with Crippen molar-refractivity contribution in [2.75, 3.05) is 5.32 Å². The highest BCUT2D eigenvalue weighted by molar-refractivity contribution is 5.77. The Labute approximate surface area is 102 Å². The SMILES string of the molecule is C=CCC(Nc1cc(F)cc([N+](=O)[O-])c1)C(=O)O. The van der Waals surface area contributed by atoms with E-state index in [0.29, 0.717) is 0 Å². The van der Waals surface area contributed by atoms with E-state index < -0.39 is 28.4 Å². The number of nitrogens with one attached hydrogen (secondary N) is 1. The average Bonchev–Trinajstić information content (AvgIpc) is 2.27. The van der Waals surface area contributed by atoms with Crippen molar-refractivity contribution < 1.29 is 19.2 Å². The van der Waals surface area contributed by atoms with Crippen molar-refractivity contribution in [3.05, 3.63) is 46.8 Å². The molecule has 0 heterocycles. The fraction of sp³-hybridized carbons (Fsp3) is 0.182. The van der Waals surface area contributed by atoms with Crippen LogP contribution in [0.2, 0.25) is 0 Å². The maximum atomic E-state index is 13.1. The number of halogens is 1. The predicted molar refractivity (Wildman–Crippen MR) is 62.9 cm³/mol. The summed E-state index contributed by atoms with van der Waals surface area (Å²) < 4.78 is 13.1. The number of hydrogen-bond donors (Lipinski definition) is 2. The molecule has 0 aliphatic carbocycles. The first-order chi connectivity index (χ1) is 8.43. The van der Waals surface area contributed by atoms with Crippen LogP contribution in [-0.4, -0.2) is 22.0 Å². The van der Waals surface area contributed by atoms with Gasteiger partial charge in [-0.05, 0) is 12.5 Å². The largest absolute Gasteiger partial charge is 0.480 e. The highest BCUT2D eigenvalue weighted by Crippen LogP contribution is 2.21. The number of nitro groups is 1. The number of non-ortho nitro benzene ring substituents is 1. The van der Waals surface area contributed by atoms with Crippen LogP contribution in [0, 0.1) is 15.9 Å². The lowest BCUT2D eigenvalue weighted by molar-refractivity contribution is -0.385. The molecule has 0 amide bonds. The monoisotopic (exact) mass is 254 g/mol. The van der Waals surface area contributed by atoms with Crippen molar-refractivity contribution in [2.45, 2.75) is 12.5 Å². The van der Waals surface area contributed by atoms with Crippen LogP contribution in [0.4, 0.5) is 15.8 Å². The molecule has 96 valence electrons. The quantitative estimate of drug-likeness (QED) is 0.461. The Morgan fingerprint density at radius 1 is 1.61 bits per heavy atom. The van der Waals surface area contributed by atoms with E-state index >= 15 is 0 Å². The summed E-state index contributed by atoms with van der Waals surface area (Å²) in [7, 11) is 0. The van der Waals surface area contributed by atoms with Crippen molar-refractivity contribution in [3.63, 3.8) is 0 Å². The molecule has 1 aromatic rings. The second-order valence-corrected chi connectivity index (χ2v) is 3.51. The highest BCUT2D eigenvalue weighted by Gasteiger charge is 2.17. The van der Waals surface area contributed by atoms with Crippen LogP contribution in [0.3, 0.4) is 0 Å². The van der Waals surface area contributed by atoms with E-state index in [-0.39, 0.29) is 12.1 Å². The first kappa shape index (κ1) is 13.6. The molecule has 2 N–H and O–H groups in total. The van der Waals surface area contributed by atoms with Gasteiger partial charge in [0.2, 0.25) is 0 Å². The van der Waals surface area contributed by atoms with Gasteiger partial charge in [-0.15, -0.1) is 6.58 Å². The Kier molecular flexibility index (Phi) is 4.36. The normalized spacial score (nSPS) is 11.6. The molecule has 7 heteroatoms. The zero-order valence-corrected chi connectivity index (χ0v) is 9.30. The van der Waals surface area contributed by atoms with E-state index in [1.807, 2.05) is 0 Å². The van der Waals surface area contributed by atoms with E-state index in [9.17, 15) is 19.3 Å². The molecule has 0 spiro atoms. The van der Waals surface area contributed by atoms with E-state index in [0.717, 1.165) is 18.2 Å². The summed E-state index contributed by atoms with van der Waals surface area (Å²) in [5, 5.41) is 21.9. The van der Waals surface area contributed by atoms with Crippen molar-refractivity contribution in [2.24, 2.45) is 0 Å².